The van der Waals surface area contributed by atoms with Crippen LogP contribution in [0.15, 0.2) is 62.5 Å². The lowest BCUT2D eigenvalue weighted by Gasteiger charge is -2.05. The maximum Gasteiger partial charge on any atom is 0.283 e. The highest BCUT2D eigenvalue weighted by Gasteiger charge is 2.15. The second-order valence-electron chi connectivity index (χ2n) is 5.44. The van der Waals surface area contributed by atoms with Crippen LogP contribution < -0.4 is 0 Å². The molecule has 0 radical (unpaired) electrons. The molecule has 0 bridgehead atoms. The summed E-state index contributed by atoms with van der Waals surface area (Å²) >= 11 is 2.94. The number of rotatable bonds is 3. The van der Waals surface area contributed by atoms with Crippen LogP contribution >= 0.6 is 23.1 Å². The molecular weight excluding hydrogens is 354 g/mol. The molecule has 0 N–H and O–H groups in total. The molecule has 0 aliphatic carbocycles. The Morgan fingerprint density at radius 2 is 2.04 bits per heavy atom. The van der Waals surface area contributed by atoms with Crippen LogP contribution in [0.1, 0.15) is 5.69 Å². The summed E-state index contributed by atoms with van der Waals surface area (Å²) in [4.78, 5) is 5.69. The first kappa shape index (κ1) is 14.6. The Kier molecular flexibility index (Phi) is 3.32. The molecule has 5 rings (SSSR count). The van der Waals surface area contributed by atoms with Gasteiger partial charge >= 0.3 is 0 Å². The number of fused-ring (bicyclic) bond motifs is 3. The number of para-hydroxylation sites is 1. The number of hydrogen-bond acceptors (Lipinski definition) is 7. The van der Waals surface area contributed by atoms with Gasteiger partial charge in [-0.05, 0) is 36.2 Å². The first-order valence-electron chi connectivity index (χ1n) is 7.58. The number of aromatic nitrogens is 5. The fourth-order valence-corrected chi connectivity index (χ4v) is 4.09. The van der Waals surface area contributed by atoms with E-state index in [9.17, 15) is 0 Å². The third-order valence-corrected chi connectivity index (χ3v) is 5.42. The number of thiophene rings is 1. The van der Waals surface area contributed by atoms with Gasteiger partial charge in [-0.2, -0.15) is 5.10 Å². The minimum Gasteiger partial charge on any atom is -0.410 e. The van der Waals surface area contributed by atoms with Crippen LogP contribution in [-0.4, -0.2) is 24.8 Å². The van der Waals surface area contributed by atoms with Gasteiger partial charge in [-0.15, -0.1) is 21.5 Å². The molecule has 4 heterocycles. The molecule has 0 fully saturated rings. The molecule has 122 valence electrons. The van der Waals surface area contributed by atoms with Crippen molar-refractivity contribution in [2.75, 3.05) is 0 Å². The summed E-state index contributed by atoms with van der Waals surface area (Å²) < 4.78 is 7.65. The van der Waals surface area contributed by atoms with Gasteiger partial charge in [0.2, 0.25) is 0 Å². The van der Waals surface area contributed by atoms with Crippen LogP contribution in [0.5, 0.6) is 0 Å². The molecule has 0 spiro atoms. The average molecular weight is 365 g/mol. The van der Waals surface area contributed by atoms with Crippen molar-refractivity contribution in [2.45, 2.75) is 17.2 Å². The van der Waals surface area contributed by atoms with Crippen LogP contribution in [0.3, 0.4) is 0 Å². The Bertz CT molecular complexity index is 1190. The maximum atomic E-state index is 5.79. The van der Waals surface area contributed by atoms with E-state index in [4.69, 9.17) is 9.40 Å². The lowest BCUT2D eigenvalue weighted by molar-refractivity contribution is 0.466. The third kappa shape index (κ3) is 2.50. The van der Waals surface area contributed by atoms with Crippen molar-refractivity contribution in [1.29, 1.82) is 0 Å². The molecule has 0 saturated carbocycles. The highest BCUT2D eigenvalue weighted by molar-refractivity contribution is 7.99. The van der Waals surface area contributed by atoms with Gasteiger partial charge in [-0.3, -0.25) is 0 Å². The molecule has 5 aromatic rings. The van der Waals surface area contributed by atoms with Gasteiger partial charge in [0, 0.05) is 11.5 Å². The molecule has 6 nitrogen and oxygen atoms in total. The van der Waals surface area contributed by atoms with E-state index < -0.39 is 0 Å². The Morgan fingerprint density at radius 3 is 2.92 bits per heavy atom. The lowest BCUT2D eigenvalue weighted by atomic mass is 10.2. The fourth-order valence-electron chi connectivity index (χ4n) is 2.66. The zero-order chi connectivity index (χ0) is 16.8. The Hall–Kier alpha value is -2.71. The van der Waals surface area contributed by atoms with Crippen molar-refractivity contribution >= 4 is 39.6 Å². The first-order valence-corrected chi connectivity index (χ1v) is 9.28. The van der Waals surface area contributed by atoms with Crippen molar-refractivity contribution < 1.29 is 4.42 Å². The number of aryl methyl sites for hydroxylation is 1. The van der Waals surface area contributed by atoms with Crippen molar-refractivity contribution in [3.05, 3.63) is 53.5 Å². The van der Waals surface area contributed by atoms with Crippen molar-refractivity contribution in [3.8, 4) is 10.8 Å². The summed E-state index contributed by atoms with van der Waals surface area (Å²) in [6.07, 6.45) is 0. The van der Waals surface area contributed by atoms with Gasteiger partial charge in [-0.25, -0.2) is 9.50 Å². The third-order valence-electron chi connectivity index (χ3n) is 3.71. The van der Waals surface area contributed by atoms with Crippen LogP contribution in [0, 0.1) is 6.92 Å². The zero-order valence-electron chi connectivity index (χ0n) is 13.1. The van der Waals surface area contributed by atoms with E-state index in [1.54, 1.807) is 11.3 Å². The summed E-state index contributed by atoms with van der Waals surface area (Å²) in [5, 5.41) is 17.1. The van der Waals surface area contributed by atoms with E-state index in [1.165, 1.54) is 11.8 Å². The van der Waals surface area contributed by atoms with E-state index in [0.717, 1.165) is 32.1 Å². The summed E-state index contributed by atoms with van der Waals surface area (Å²) in [5.74, 6) is 0.531. The molecule has 0 unspecified atom stereocenters. The molecule has 25 heavy (non-hydrogen) atoms. The average Bonchev–Trinajstić information content (AvgIpc) is 3.34. The normalized spacial score (nSPS) is 11.6. The molecule has 0 saturated heterocycles. The van der Waals surface area contributed by atoms with Crippen molar-refractivity contribution in [1.82, 2.24) is 24.8 Å². The van der Waals surface area contributed by atoms with Gasteiger partial charge in [0.05, 0.1) is 16.1 Å². The van der Waals surface area contributed by atoms with Crippen molar-refractivity contribution in [3.63, 3.8) is 0 Å². The number of benzene rings is 1. The Balaban J connectivity index is 1.62. The minimum atomic E-state index is 0.474. The quantitative estimate of drug-likeness (QED) is 0.440. The van der Waals surface area contributed by atoms with E-state index in [0.29, 0.717) is 11.1 Å². The summed E-state index contributed by atoms with van der Waals surface area (Å²) in [6, 6.07) is 13.9. The SMILES string of the molecule is Cc1cc2nc(Sc3nnc(-c4cccs4)o3)c3ccccc3n2n1. The standard InChI is InChI=1S/C17H11N5OS2/c1-10-9-14-18-16(11-5-2-3-6-12(11)22(14)21-10)25-17-20-19-15(23-17)13-7-4-8-24-13/h2-9H,1H3. The smallest absolute Gasteiger partial charge is 0.283 e. The second-order valence-corrected chi connectivity index (χ2v) is 7.33. The van der Waals surface area contributed by atoms with Gasteiger partial charge in [0.25, 0.3) is 11.1 Å². The lowest BCUT2D eigenvalue weighted by Crippen LogP contribution is -1.95. The van der Waals surface area contributed by atoms with E-state index in [1.807, 2.05) is 59.3 Å². The molecule has 4 aromatic heterocycles. The van der Waals surface area contributed by atoms with Crippen LogP contribution in [-0.2, 0) is 0 Å². The highest BCUT2D eigenvalue weighted by atomic mass is 32.2. The topological polar surface area (TPSA) is 69.1 Å². The number of hydrogen-bond donors (Lipinski definition) is 0. The largest absolute Gasteiger partial charge is 0.410 e. The second kappa shape index (κ2) is 5.68. The van der Waals surface area contributed by atoms with E-state index in [2.05, 4.69) is 15.3 Å². The van der Waals surface area contributed by atoms with E-state index in [-0.39, 0.29) is 0 Å². The summed E-state index contributed by atoms with van der Waals surface area (Å²) in [6.45, 7) is 1.96. The molecular formula is C17H11N5OS2. The zero-order valence-corrected chi connectivity index (χ0v) is 14.7. The van der Waals surface area contributed by atoms with Crippen LogP contribution in [0.25, 0.3) is 27.3 Å². The van der Waals surface area contributed by atoms with Gasteiger partial charge < -0.3 is 4.42 Å². The minimum absolute atomic E-state index is 0.474. The van der Waals surface area contributed by atoms with Gasteiger partial charge in [-0.1, -0.05) is 24.3 Å². The highest BCUT2D eigenvalue weighted by Crippen LogP contribution is 2.34. The van der Waals surface area contributed by atoms with E-state index >= 15 is 0 Å². The van der Waals surface area contributed by atoms with Crippen molar-refractivity contribution in [2.24, 2.45) is 0 Å². The van der Waals surface area contributed by atoms with Crippen LogP contribution in [0.4, 0.5) is 0 Å². The monoisotopic (exact) mass is 365 g/mol. The van der Waals surface area contributed by atoms with Crippen LogP contribution in [0.2, 0.25) is 0 Å². The first-order chi connectivity index (χ1) is 12.3. The predicted molar refractivity (Wildman–Crippen MR) is 97.0 cm³/mol. The number of nitrogens with zero attached hydrogens (tertiary/aromatic N) is 5. The summed E-state index contributed by atoms with van der Waals surface area (Å²) in [5.41, 5.74) is 2.73. The molecule has 8 heteroatoms. The summed E-state index contributed by atoms with van der Waals surface area (Å²) in [7, 11) is 0. The Labute approximate surface area is 150 Å². The van der Waals surface area contributed by atoms with Gasteiger partial charge in [0.1, 0.15) is 5.03 Å². The molecule has 1 aromatic carbocycles. The molecule has 0 aliphatic rings. The molecule has 0 aliphatic heterocycles. The Morgan fingerprint density at radius 1 is 1.12 bits per heavy atom. The molecule has 0 atom stereocenters. The molecule has 0 amide bonds. The fraction of sp³-hybridized carbons (Fsp3) is 0.0588. The maximum absolute atomic E-state index is 5.79. The predicted octanol–water partition coefficient (Wildman–Crippen LogP) is 4.45. The van der Waals surface area contributed by atoms with Gasteiger partial charge in [0.15, 0.2) is 5.65 Å².